The summed E-state index contributed by atoms with van der Waals surface area (Å²) >= 11 is 6.10. The van der Waals surface area contributed by atoms with Crippen LogP contribution in [-0.2, 0) is 11.8 Å². The van der Waals surface area contributed by atoms with Crippen LogP contribution in [0.1, 0.15) is 37.9 Å². The Kier molecular flexibility index (Phi) is 3.24. The molecule has 0 spiro atoms. The van der Waals surface area contributed by atoms with E-state index in [0.717, 1.165) is 31.6 Å². The van der Waals surface area contributed by atoms with Crippen LogP contribution in [0.3, 0.4) is 0 Å². The van der Waals surface area contributed by atoms with E-state index in [1.54, 1.807) is 10.9 Å². The Hall–Kier alpha value is -0.580. The summed E-state index contributed by atoms with van der Waals surface area (Å²) in [6, 6.07) is -0.229. The minimum atomic E-state index is -0.324. The van der Waals surface area contributed by atoms with Crippen molar-refractivity contribution >= 4 is 11.6 Å². The lowest BCUT2D eigenvalue weighted by molar-refractivity contribution is -0.0833. The Morgan fingerprint density at radius 3 is 2.88 bits per heavy atom. The van der Waals surface area contributed by atoms with Crippen molar-refractivity contribution in [1.82, 2.24) is 9.78 Å². The Balaban J connectivity index is 2.27. The molecule has 0 aromatic carbocycles. The van der Waals surface area contributed by atoms with Crippen molar-refractivity contribution in [3.8, 4) is 0 Å². The fraction of sp³-hybridized carbons (Fsp3) is 0.727. The summed E-state index contributed by atoms with van der Waals surface area (Å²) in [7, 11) is 1.85. The highest BCUT2D eigenvalue weighted by Crippen LogP contribution is 2.36. The third-order valence-electron chi connectivity index (χ3n) is 3.39. The number of ether oxygens (including phenoxy) is 1. The van der Waals surface area contributed by atoms with Crippen molar-refractivity contribution in [3.63, 3.8) is 0 Å². The zero-order valence-electron chi connectivity index (χ0n) is 9.74. The summed E-state index contributed by atoms with van der Waals surface area (Å²) in [5.41, 5.74) is 6.81. The predicted octanol–water partition coefficient (Wildman–Crippen LogP) is 2.03. The lowest BCUT2D eigenvalue weighted by Crippen LogP contribution is -2.44. The summed E-state index contributed by atoms with van der Waals surface area (Å²) in [4.78, 5) is 0. The van der Waals surface area contributed by atoms with Crippen LogP contribution in [0.15, 0.2) is 6.20 Å². The van der Waals surface area contributed by atoms with Gasteiger partial charge in [-0.3, -0.25) is 4.68 Å². The number of hydrogen-bond acceptors (Lipinski definition) is 3. The fourth-order valence-corrected chi connectivity index (χ4v) is 2.54. The molecule has 5 heteroatoms. The molecule has 1 aliphatic heterocycles. The first-order chi connectivity index (χ1) is 7.54. The molecule has 1 saturated heterocycles. The van der Waals surface area contributed by atoms with E-state index in [9.17, 15) is 0 Å². The molecule has 1 fully saturated rings. The third kappa shape index (κ3) is 1.97. The van der Waals surface area contributed by atoms with Gasteiger partial charge >= 0.3 is 0 Å². The number of rotatable bonds is 2. The van der Waals surface area contributed by atoms with Crippen LogP contribution >= 0.6 is 11.6 Å². The zero-order chi connectivity index (χ0) is 11.8. The highest BCUT2D eigenvalue weighted by Gasteiger charge is 2.38. The van der Waals surface area contributed by atoms with E-state index < -0.39 is 0 Å². The molecular weight excluding hydrogens is 226 g/mol. The largest absolute Gasteiger partial charge is 0.373 e. The van der Waals surface area contributed by atoms with Crippen molar-refractivity contribution in [2.45, 2.75) is 37.8 Å². The van der Waals surface area contributed by atoms with Gasteiger partial charge in [-0.15, -0.1) is 0 Å². The van der Waals surface area contributed by atoms with E-state index in [0.29, 0.717) is 5.02 Å². The summed E-state index contributed by atoms with van der Waals surface area (Å²) < 4.78 is 7.57. The van der Waals surface area contributed by atoms with Crippen LogP contribution in [0.4, 0.5) is 0 Å². The maximum Gasteiger partial charge on any atom is 0.0862 e. The second-order valence-electron chi connectivity index (χ2n) is 4.60. The summed E-state index contributed by atoms with van der Waals surface area (Å²) in [5, 5.41) is 4.73. The topological polar surface area (TPSA) is 53.1 Å². The van der Waals surface area contributed by atoms with Crippen LogP contribution in [-0.4, -0.2) is 22.0 Å². The zero-order valence-corrected chi connectivity index (χ0v) is 10.5. The molecule has 1 aliphatic rings. The van der Waals surface area contributed by atoms with Gasteiger partial charge in [0, 0.05) is 13.7 Å². The van der Waals surface area contributed by atoms with E-state index in [1.807, 2.05) is 7.05 Å². The first kappa shape index (κ1) is 11.9. The number of nitrogens with zero attached hydrogens (tertiary/aromatic N) is 2. The molecule has 2 atom stereocenters. The lowest BCUT2D eigenvalue weighted by atomic mass is 9.87. The number of nitrogens with two attached hydrogens (primary N) is 1. The maximum absolute atomic E-state index is 6.28. The Morgan fingerprint density at radius 1 is 1.62 bits per heavy atom. The second kappa shape index (κ2) is 4.35. The van der Waals surface area contributed by atoms with Crippen LogP contribution < -0.4 is 5.73 Å². The monoisotopic (exact) mass is 243 g/mol. The minimum Gasteiger partial charge on any atom is -0.373 e. The number of hydrogen-bond donors (Lipinski definition) is 1. The SMILES string of the molecule is Cn1ncc(Cl)c1C(N)C1(C)CCCCO1. The van der Waals surface area contributed by atoms with E-state index in [-0.39, 0.29) is 11.6 Å². The molecule has 4 nitrogen and oxygen atoms in total. The molecule has 0 radical (unpaired) electrons. The lowest BCUT2D eigenvalue weighted by Gasteiger charge is -2.38. The van der Waals surface area contributed by atoms with Gasteiger partial charge in [-0.2, -0.15) is 5.10 Å². The molecule has 0 aliphatic carbocycles. The molecule has 2 rings (SSSR count). The molecule has 2 N–H and O–H groups in total. The quantitative estimate of drug-likeness (QED) is 0.865. The van der Waals surface area contributed by atoms with Gasteiger partial charge in [-0.05, 0) is 26.2 Å². The van der Waals surface area contributed by atoms with Crippen LogP contribution in [0.25, 0.3) is 0 Å². The average Bonchev–Trinajstić information content (AvgIpc) is 2.59. The van der Waals surface area contributed by atoms with Gasteiger partial charge in [0.15, 0.2) is 0 Å². The second-order valence-corrected chi connectivity index (χ2v) is 5.00. The standard InChI is InChI=1S/C11H18ClN3O/c1-11(5-3-4-6-16-11)10(13)9-8(12)7-14-15(9)2/h7,10H,3-6,13H2,1-2H3. The average molecular weight is 244 g/mol. The minimum absolute atomic E-state index is 0.229. The Labute approximate surface area is 101 Å². The molecular formula is C11H18ClN3O. The van der Waals surface area contributed by atoms with Gasteiger partial charge in [-0.1, -0.05) is 11.6 Å². The highest BCUT2D eigenvalue weighted by molar-refractivity contribution is 6.31. The molecule has 1 aromatic heterocycles. The summed E-state index contributed by atoms with van der Waals surface area (Å²) in [6.45, 7) is 2.83. The Morgan fingerprint density at radius 2 is 2.38 bits per heavy atom. The van der Waals surface area contributed by atoms with Crippen LogP contribution in [0.2, 0.25) is 5.02 Å². The van der Waals surface area contributed by atoms with E-state index in [2.05, 4.69) is 12.0 Å². The van der Waals surface area contributed by atoms with Crippen molar-refractivity contribution in [2.75, 3.05) is 6.61 Å². The number of halogens is 1. The van der Waals surface area contributed by atoms with Gasteiger partial charge < -0.3 is 10.5 Å². The van der Waals surface area contributed by atoms with Crippen molar-refractivity contribution in [3.05, 3.63) is 16.9 Å². The van der Waals surface area contributed by atoms with Crippen molar-refractivity contribution < 1.29 is 4.74 Å². The van der Waals surface area contributed by atoms with Crippen LogP contribution in [0.5, 0.6) is 0 Å². The predicted molar refractivity (Wildman–Crippen MR) is 63.4 cm³/mol. The fourth-order valence-electron chi connectivity index (χ4n) is 2.26. The molecule has 0 bridgehead atoms. The first-order valence-electron chi connectivity index (χ1n) is 5.61. The van der Waals surface area contributed by atoms with Gasteiger partial charge in [0.05, 0.1) is 28.6 Å². The summed E-state index contributed by atoms with van der Waals surface area (Å²) in [5.74, 6) is 0. The van der Waals surface area contributed by atoms with E-state index in [1.165, 1.54) is 0 Å². The van der Waals surface area contributed by atoms with E-state index in [4.69, 9.17) is 22.1 Å². The van der Waals surface area contributed by atoms with Gasteiger partial charge in [0.2, 0.25) is 0 Å². The van der Waals surface area contributed by atoms with Crippen molar-refractivity contribution in [1.29, 1.82) is 0 Å². The highest BCUT2D eigenvalue weighted by atomic mass is 35.5. The van der Waals surface area contributed by atoms with Crippen molar-refractivity contribution in [2.24, 2.45) is 12.8 Å². The van der Waals surface area contributed by atoms with E-state index >= 15 is 0 Å². The van der Waals surface area contributed by atoms with Gasteiger partial charge in [0.1, 0.15) is 0 Å². The molecule has 0 amide bonds. The normalized spacial score (nSPS) is 28.0. The number of aryl methyl sites for hydroxylation is 1. The molecule has 0 saturated carbocycles. The van der Waals surface area contributed by atoms with Gasteiger partial charge in [-0.25, -0.2) is 0 Å². The molecule has 2 heterocycles. The smallest absolute Gasteiger partial charge is 0.0862 e. The van der Waals surface area contributed by atoms with Gasteiger partial charge in [0.25, 0.3) is 0 Å². The summed E-state index contributed by atoms with van der Waals surface area (Å²) in [6.07, 6.45) is 4.86. The maximum atomic E-state index is 6.28. The molecule has 90 valence electrons. The molecule has 1 aromatic rings. The molecule has 16 heavy (non-hydrogen) atoms. The van der Waals surface area contributed by atoms with Crippen LogP contribution in [0, 0.1) is 0 Å². The third-order valence-corrected chi connectivity index (χ3v) is 3.68. The number of aromatic nitrogens is 2. The molecule has 2 unspecified atom stereocenters. The Bertz CT molecular complexity index is 352. The first-order valence-corrected chi connectivity index (χ1v) is 5.99.